The van der Waals surface area contributed by atoms with E-state index in [1.807, 2.05) is 6.07 Å². The van der Waals surface area contributed by atoms with Crippen LogP contribution in [0, 0.1) is 0 Å². The molecule has 0 bridgehead atoms. The molecule has 22 heavy (non-hydrogen) atoms. The molecule has 0 unspecified atom stereocenters. The summed E-state index contributed by atoms with van der Waals surface area (Å²) in [5, 5.41) is 0. The van der Waals surface area contributed by atoms with Crippen LogP contribution in [0.15, 0.2) is 17.1 Å². The third kappa shape index (κ3) is 3.83. The van der Waals surface area contributed by atoms with Gasteiger partial charge in [0.25, 0.3) is 0 Å². The van der Waals surface area contributed by atoms with Gasteiger partial charge in [-0.05, 0) is 33.8 Å². The highest BCUT2D eigenvalue weighted by Crippen LogP contribution is 2.31. The maximum Gasteiger partial charge on any atom is 0.351 e. The highest BCUT2D eigenvalue weighted by molar-refractivity contribution is 8.00. The number of aromatic nitrogens is 2. The first-order valence-corrected chi connectivity index (χ1v) is 8.62. The standard InChI is InChI=1S/C15H25N3O3S/c1-10(2)18(11(3)4)12-6-7-17(15(19)16-12)13-9-22-14(21-13)8-20-5/h6-7,10-11,13-14H,8-9H2,1-5H3/t13-,14+/m1/s1. The Balaban J connectivity index is 2.18. The lowest BCUT2D eigenvalue weighted by atomic mass is 10.2. The van der Waals surface area contributed by atoms with Gasteiger partial charge in [-0.2, -0.15) is 4.98 Å². The van der Waals surface area contributed by atoms with Gasteiger partial charge in [-0.25, -0.2) is 4.79 Å². The maximum absolute atomic E-state index is 12.3. The number of nitrogens with zero attached hydrogens (tertiary/aromatic N) is 3. The monoisotopic (exact) mass is 327 g/mol. The minimum atomic E-state index is -0.272. The summed E-state index contributed by atoms with van der Waals surface area (Å²) in [5.41, 5.74) is -0.295. The van der Waals surface area contributed by atoms with Crippen molar-refractivity contribution in [1.29, 1.82) is 0 Å². The summed E-state index contributed by atoms with van der Waals surface area (Å²) in [6, 6.07) is 2.46. The topological polar surface area (TPSA) is 56.6 Å². The lowest BCUT2D eigenvalue weighted by molar-refractivity contribution is -0.0152. The third-order valence-electron chi connectivity index (χ3n) is 3.54. The Labute approximate surface area is 135 Å². The largest absolute Gasteiger partial charge is 0.381 e. The van der Waals surface area contributed by atoms with E-state index in [4.69, 9.17) is 9.47 Å². The molecule has 0 aliphatic carbocycles. The molecule has 1 aliphatic heterocycles. The number of hydrogen-bond donors (Lipinski definition) is 0. The molecule has 124 valence electrons. The predicted octanol–water partition coefficient (Wildman–Crippen LogP) is 2.10. The van der Waals surface area contributed by atoms with Crippen molar-refractivity contribution in [3.05, 3.63) is 22.7 Å². The molecule has 1 aromatic rings. The molecule has 0 radical (unpaired) electrons. The fourth-order valence-electron chi connectivity index (χ4n) is 2.70. The van der Waals surface area contributed by atoms with Crippen LogP contribution >= 0.6 is 11.8 Å². The predicted molar refractivity (Wildman–Crippen MR) is 89.5 cm³/mol. The zero-order valence-electron chi connectivity index (χ0n) is 13.9. The van der Waals surface area contributed by atoms with E-state index < -0.39 is 0 Å². The summed E-state index contributed by atoms with van der Waals surface area (Å²) >= 11 is 1.65. The number of thioether (sulfide) groups is 1. The SMILES string of the molecule is COC[C@H]1O[C@@H](n2ccc(N(C(C)C)C(C)C)nc2=O)CS1. The second-order valence-electron chi connectivity index (χ2n) is 5.88. The summed E-state index contributed by atoms with van der Waals surface area (Å²) < 4.78 is 12.5. The van der Waals surface area contributed by atoms with Crippen molar-refractivity contribution in [2.45, 2.75) is 51.4 Å². The van der Waals surface area contributed by atoms with E-state index in [2.05, 4.69) is 37.6 Å². The average Bonchev–Trinajstić information content (AvgIpc) is 2.87. The molecule has 0 aromatic carbocycles. The lowest BCUT2D eigenvalue weighted by Gasteiger charge is -2.31. The Bertz CT molecular complexity index is 539. The molecule has 6 nitrogen and oxygen atoms in total. The minimum Gasteiger partial charge on any atom is -0.381 e. The fraction of sp³-hybridized carbons (Fsp3) is 0.733. The van der Waals surface area contributed by atoms with E-state index in [1.165, 1.54) is 0 Å². The van der Waals surface area contributed by atoms with Crippen molar-refractivity contribution in [1.82, 2.24) is 9.55 Å². The molecule has 2 heterocycles. The van der Waals surface area contributed by atoms with Crippen LogP contribution in [0.3, 0.4) is 0 Å². The van der Waals surface area contributed by atoms with Gasteiger partial charge in [-0.3, -0.25) is 4.57 Å². The van der Waals surface area contributed by atoms with Crippen molar-refractivity contribution < 1.29 is 9.47 Å². The van der Waals surface area contributed by atoms with E-state index >= 15 is 0 Å². The first kappa shape index (κ1) is 17.3. The van der Waals surface area contributed by atoms with Crippen molar-refractivity contribution in [2.75, 3.05) is 24.4 Å². The molecule has 1 saturated heterocycles. The molecule has 7 heteroatoms. The summed E-state index contributed by atoms with van der Waals surface area (Å²) in [6.45, 7) is 8.91. The van der Waals surface area contributed by atoms with Gasteiger partial charge in [0.1, 0.15) is 17.5 Å². The van der Waals surface area contributed by atoms with E-state index in [9.17, 15) is 4.79 Å². The summed E-state index contributed by atoms with van der Waals surface area (Å²) in [7, 11) is 1.65. The molecule has 0 N–H and O–H groups in total. The van der Waals surface area contributed by atoms with Gasteiger partial charge in [-0.15, -0.1) is 11.8 Å². The van der Waals surface area contributed by atoms with Crippen LogP contribution in [0.5, 0.6) is 0 Å². The quantitative estimate of drug-likeness (QED) is 0.797. The number of hydrogen-bond acceptors (Lipinski definition) is 6. The third-order valence-corrected chi connectivity index (χ3v) is 4.64. The lowest BCUT2D eigenvalue weighted by Crippen LogP contribution is -2.39. The van der Waals surface area contributed by atoms with Crippen LogP contribution in [0.25, 0.3) is 0 Å². The summed E-state index contributed by atoms with van der Waals surface area (Å²) in [5.74, 6) is 1.44. The number of ether oxygens (including phenoxy) is 2. The Kier molecular flexibility index (Phi) is 5.88. The Morgan fingerprint density at radius 3 is 2.68 bits per heavy atom. The first-order chi connectivity index (χ1) is 10.4. The molecular weight excluding hydrogens is 302 g/mol. The molecule has 1 aromatic heterocycles. The van der Waals surface area contributed by atoms with Crippen molar-refractivity contribution >= 4 is 17.6 Å². The molecule has 0 saturated carbocycles. The van der Waals surface area contributed by atoms with Crippen molar-refractivity contribution in [3.63, 3.8) is 0 Å². The van der Waals surface area contributed by atoms with Crippen LogP contribution in [0.1, 0.15) is 33.9 Å². The molecule has 0 spiro atoms. The molecule has 0 amide bonds. The van der Waals surface area contributed by atoms with Crippen LogP contribution in [-0.4, -0.2) is 46.5 Å². The zero-order valence-corrected chi connectivity index (χ0v) is 14.7. The first-order valence-electron chi connectivity index (χ1n) is 7.57. The molecule has 2 atom stereocenters. The Morgan fingerprint density at radius 1 is 1.45 bits per heavy atom. The maximum atomic E-state index is 12.3. The van der Waals surface area contributed by atoms with Gasteiger partial charge >= 0.3 is 5.69 Å². The Morgan fingerprint density at radius 2 is 2.14 bits per heavy atom. The van der Waals surface area contributed by atoms with Gasteiger partial charge in [0.05, 0.1) is 6.61 Å². The fourth-order valence-corrected chi connectivity index (χ4v) is 3.76. The van der Waals surface area contributed by atoms with Gasteiger partial charge in [-0.1, -0.05) is 0 Å². The van der Waals surface area contributed by atoms with Gasteiger partial charge in [0.15, 0.2) is 0 Å². The molecule has 2 rings (SSSR count). The van der Waals surface area contributed by atoms with E-state index in [0.29, 0.717) is 12.4 Å². The van der Waals surface area contributed by atoms with Gasteiger partial charge < -0.3 is 14.4 Å². The second kappa shape index (κ2) is 7.48. The minimum absolute atomic E-state index is 0.0237. The number of rotatable bonds is 6. The summed E-state index contributed by atoms with van der Waals surface area (Å²) in [4.78, 5) is 18.7. The van der Waals surface area contributed by atoms with Crippen molar-refractivity contribution in [2.24, 2.45) is 0 Å². The van der Waals surface area contributed by atoms with Gasteiger partial charge in [0, 0.05) is 31.1 Å². The molecular formula is C15H25N3O3S. The molecule has 1 fully saturated rings. The smallest absolute Gasteiger partial charge is 0.351 e. The number of anilines is 1. The van der Waals surface area contributed by atoms with Crippen LogP contribution < -0.4 is 10.6 Å². The highest BCUT2D eigenvalue weighted by Gasteiger charge is 2.28. The van der Waals surface area contributed by atoms with Crippen molar-refractivity contribution in [3.8, 4) is 0 Å². The highest BCUT2D eigenvalue weighted by atomic mass is 32.2. The normalized spacial score (nSPS) is 21.8. The second-order valence-corrected chi connectivity index (χ2v) is 7.07. The molecule has 1 aliphatic rings. The average molecular weight is 327 g/mol. The van der Waals surface area contributed by atoms with E-state index in [0.717, 1.165) is 5.75 Å². The van der Waals surface area contributed by atoms with Crippen LogP contribution in [0.4, 0.5) is 5.82 Å². The van der Waals surface area contributed by atoms with Crippen LogP contribution in [0.2, 0.25) is 0 Å². The summed E-state index contributed by atoms with van der Waals surface area (Å²) in [6.07, 6.45) is 1.51. The van der Waals surface area contributed by atoms with E-state index in [-0.39, 0.29) is 29.4 Å². The Hall–Kier alpha value is -1.05. The number of methoxy groups -OCH3 is 1. The van der Waals surface area contributed by atoms with E-state index in [1.54, 1.807) is 29.6 Å². The van der Waals surface area contributed by atoms with Gasteiger partial charge in [0.2, 0.25) is 0 Å². The zero-order chi connectivity index (χ0) is 16.3. The van der Waals surface area contributed by atoms with Crippen LogP contribution in [-0.2, 0) is 9.47 Å².